The zero-order valence-corrected chi connectivity index (χ0v) is 17.4. The van der Waals surface area contributed by atoms with Crippen LogP contribution in [0.5, 0.6) is 5.75 Å². The zero-order valence-electron chi connectivity index (χ0n) is 17.4. The van der Waals surface area contributed by atoms with Crippen molar-refractivity contribution >= 4 is 17.8 Å². The average molecular weight is 413 g/mol. The Morgan fingerprint density at radius 2 is 1.67 bits per heavy atom. The Morgan fingerprint density at radius 1 is 1.00 bits per heavy atom. The van der Waals surface area contributed by atoms with Crippen molar-refractivity contribution < 1.29 is 28.6 Å². The van der Waals surface area contributed by atoms with Gasteiger partial charge in [-0.3, -0.25) is 4.79 Å². The molecule has 0 spiro atoms. The molecule has 2 atom stereocenters. The van der Waals surface area contributed by atoms with Gasteiger partial charge < -0.3 is 19.5 Å². The van der Waals surface area contributed by atoms with E-state index in [0.717, 1.165) is 0 Å². The summed E-state index contributed by atoms with van der Waals surface area (Å²) in [7, 11) is 1.26. The van der Waals surface area contributed by atoms with Crippen LogP contribution < -0.4 is 10.1 Å². The summed E-state index contributed by atoms with van der Waals surface area (Å²) in [5.41, 5.74) is 0.950. The molecule has 0 aliphatic rings. The fraction of sp³-hybridized carbons (Fsp3) is 0.348. The molecule has 0 saturated carbocycles. The summed E-state index contributed by atoms with van der Waals surface area (Å²) >= 11 is 0. The SMILES string of the molecule is CC[C@H](C)[C@@H](NC(=O)COC(=O)c1ccccc1COc1ccccc1)C(=O)OC. The molecule has 0 aliphatic heterocycles. The number of benzene rings is 2. The van der Waals surface area contributed by atoms with Crippen molar-refractivity contribution in [3.63, 3.8) is 0 Å². The molecule has 7 nitrogen and oxygen atoms in total. The van der Waals surface area contributed by atoms with E-state index in [1.165, 1.54) is 7.11 Å². The normalized spacial score (nSPS) is 12.4. The highest BCUT2D eigenvalue weighted by molar-refractivity contribution is 5.93. The summed E-state index contributed by atoms with van der Waals surface area (Å²) in [5.74, 6) is -1.19. The van der Waals surface area contributed by atoms with Crippen LogP contribution in [-0.2, 0) is 25.7 Å². The summed E-state index contributed by atoms with van der Waals surface area (Å²) in [6, 6.07) is 15.3. The minimum Gasteiger partial charge on any atom is -0.489 e. The number of amides is 1. The van der Waals surface area contributed by atoms with Gasteiger partial charge in [0.25, 0.3) is 5.91 Å². The fourth-order valence-electron chi connectivity index (χ4n) is 2.74. The van der Waals surface area contributed by atoms with Crippen LogP contribution >= 0.6 is 0 Å². The number of carbonyl (C=O) groups is 3. The number of hydrogen-bond donors (Lipinski definition) is 1. The highest BCUT2D eigenvalue weighted by Gasteiger charge is 2.27. The topological polar surface area (TPSA) is 90.9 Å². The van der Waals surface area contributed by atoms with Crippen molar-refractivity contribution in [3.05, 3.63) is 65.7 Å². The predicted octanol–water partition coefficient (Wildman–Crippen LogP) is 3.13. The number of para-hydroxylation sites is 1. The van der Waals surface area contributed by atoms with Gasteiger partial charge in [-0.05, 0) is 24.1 Å². The van der Waals surface area contributed by atoms with Gasteiger partial charge in [0.05, 0.1) is 12.7 Å². The number of methoxy groups -OCH3 is 1. The van der Waals surface area contributed by atoms with Gasteiger partial charge in [0.15, 0.2) is 6.61 Å². The third kappa shape index (κ3) is 6.62. The molecular weight excluding hydrogens is 386 g/mol. The van der Waals surface area contributed by atoms with Gasteiger partial charge in [-0.25, -0.2) is 9.59 Å². The molecule has 0 fully saturated rings. The minimum atomic E-state index is -0.794. The van der Waals surface area contributed by atoms with Gasteiger partial charge >= 0.3 is 11.9 Å². The number of esters is 2. The van der Waals surface area contributed by atoms with E-state index in [-0.39, 0.29) is 12.5 Å². The number of hydrogen-bond acceptors (Lipinski definition) is 6. The molecule has 0 bridgehead atoms. The first-order valence-electron chi connectivity index (χ1n) is 9.76. The van der Waals surface area contributed by atoms with E-state index < -0.39 is 30.5 Å². The summed E-state index contributed by atoms with van der Waals surface area (Å²) in [4.78, 5) is 36.6. The van der Waals surface area contributed by atoms with Gasteiger partial charge in [0.2, 0.25) is 0 Å². The first kappa shape index (κ1) is 22.9. The van der Waals surface area contributed by atoms with Crippen LogP contribution in [0.2, 0.25) is 0 Å². The number of carbonyl (C=O) groups excluding carboxylic acids is 3. The quantitative estimate of drug-likeness (QED) is 0.602. The summed E-state index contributed by atoms with van der Waals surface area (Å²) in [6.45, 7) is 3.41. The Bertz CT molecular complexity index is 852. The largest absolute Gasteiger partial charge is 0.489 e. The molecule has 160 valence electrons. The molecule has 0 aromatic heterocycles. The third-order valence-electron chi connectivity index (χ3n) is 4.69. The van der Waals surface area contributed by atoms with E-state index in [4.69, 9.17) is 14.2 Å². The molecule has 0 unspecified atom stereocenters. The van der Waals surface area contributed by atoms with E-state index >= 15 is 0 Å². The first-order valence-corrected chi connectivity index (χ1v) is 9.76. The Balaban J connectivity index is 1.95. The number of nitrogens with one attached hydrogen (secondary N) is 1. The van der Waals surface area contributed by atoms with Crippen LogP contribution in [0, 0.1) is 5.92 Å². The van der Waals surface area contributed by atoms with Crippen LogP contribution in [0.25, 0.3) is 0 Å². The second-order valence-corrected chi connectivity index (χ2v) is 6.79. The molecule has 0 aliphatic carbocycles. The Hall–Kier alpha value is -3.35. The average Bonchev–Trinajstić information content (AvgIpc) is 2.79. The van der Waals surface area contributed by atoms with Crippen molar-refractivity contribution in [2.24, 2.45) is 5.92 Å². The third-order valence-corrected chi connectivity index (χ3v) is 4.69. The maximum atomic E-state index is 12.5. The zero-order chi connectivity index (χ0) is 21.9. The predicted molar refractivity (Wildman–Crippen MR) is 111 cm³/mol. The molecule has 1 N–H and O–H groups in total. The molecule has 1 amide bonds. The smallest absolute Gasteiger partial charge is 0.339 e. The van der Waals surface area contributed by atoms with E-state index in [9.17, 15) is 14.4 Å². The number of ether oxygens (including phenoxy) is 3. The second kappa shape index (κ2) is 11.6. The van der Waals surface area contributed by atoms with Crippen molar-refractivity contribution in [1.82, 2.24) is 5.32 Å². The summed E-state index contributed by atoms with van der Waals surface area (Å²) in [5, 5.41) is 2.57. The molecule has 30 heavy (non-hydrogen) atoms. The van der Waals surface area contributed by atoms with Crippen LogP contribution in [0.15, 0.2) is 54.6 Å². The standard InChI is InChI=1S/C23H27NO6/c1-4-16(2)21(23(27)28-3)24-20(25)15-30-22(26)19-13-9-8-10-17(19)14-29-18-11-6-5-7-12-18/h5-13,16,21H,4,14-15H2,1-3H3,(H,24,25)/t16-,21+/m0/s1. The van der Waals surface area contributed by atoms with E-state index in [0.29, 0.717) is 23.3 Å². The van der Waals surface area contributed by atoms with Crippen LogP contribution in [0.4, 0.5) is 0 Å². The van der Waals surface area contributed by atoms with Gasteiger partial charge in [0, 0.05) is 5.56 Å². The van der Waals surface area contributed by atoms with Crippen molar-refractivity contribution in [2.45, 2.75) is 32.9 Å². The van der Waals surface area contributed by atoms with Gasteiger partial charge in [0.1, 0.15) is 18.4 Å². The fourth-order valence-corrected chi connectivity index (χ4v) is 2.74. The van der Waals surface area contributed by atoms with Crippen LogP contribution in [0.3, 0.4) is 0 Å². The monoisotopic (exact) mass is 413 g/mol. The Morgan fingerprint density at radius 3 is 2.33 bits per heavy atom. The molecule has 2 aromatic carbocycles. The first-order chi connectivity index (χ1) is 14.5. The molecule has 2 aromatic rings. The summed E-state index contributed by atoms with van der Waals surface area (Å²) in [6.07, 6.45) is 0.675. The molecule has 2 rings (SSSR count). The van der Waals surface area contributed by atoms with Crippen molar-refractivity contribution in [3.8, 4) is 5.75 Å². The van der Waals surface area contributed by atoms with E-state index in [1.54, 1.807) is 24.3 Å². The molecular formula is C23H27NO6. The van der Waals surface area contributed by atoms with Crippen LogP contribution in [0.1, 0.15) is 36.2 Å². The lowest BCUT2D eigenvalue weighted by Crippen LogP contribution is -2.47. The Kier molecular flexibility index (Phi) is 8.87. The molecule has 7 heteroatoms. The second-order valence-electron chi connectivity index (χ2n) is 6.79. The lowest BCUT2D eigenvalue weighted by atomic mass is 9.99. The van der Waals surface area contributed by atoms with Crippen molar-refractivity contribution in [2.75, 3.05) is 13.7 Å². The van der Waals surface area contributed by atoms with E-state index in [2.05, 4.69) is 5.32 Å². The van der Waals surface area contributed by atoms with Crippen LogP contribution in [-0.4, -0.2) is 37.6 Å². The summed E-state index contributed by atoms with van der Waals surface area (Å²) < 4.78 is 15.6. The van der Waals surface area contributed by atoms with Gasteiger partial charge in [-0.2, -0.15) is 0 Å². The molecule has 0 heterocycles. The highest BCUT2D eigenvalue weighted by atomic mass is 16.5. The molecule has 0 radical (unpaired) electrons. The van der Waals surface area contributed by atoms with Crippen molar-refractivity contribution in [1.29, 1.82) is 0 Å². The Labute approximate surface area is 176 Å². The molecule has 0 saturated heterocycles. The maximum Gasteiger partial charge on any atom is 0.339 e. The number of rotatable bonds is 10. The van der Waals surface area contributed by atoms with Gasteiger partial charge in [-0.1, -0.05) is 56.7 Å². The lowest BCUT2D eigenvalue weighted by molar-refractivity contribution is -0.147. The highest BCUT2D eigenvalue weighted by Crippen LogP contribution is 2.16. The maximum absolute atomic E-state index is 12.5. The van der Waals surface area contributed by atoms with E-state index in [1.807, 2.05) is 44.2 Å². The van der Waals surface area contributed by atoms with Gasteiger partial charge in [-0.15, -0.1) is 0 Å². The minimum absolute atomic E-state index is 0.118. The lowest BCUT2D eigenvalue weighted by Gasteiger charge is -2.21.